The van der Waals surface area contributed by atoms with Gasteiger partial charge < -0.3 is 4.90 Å². The molecule has 2 heterocycles. The number of imide groups is 1. The van der Waals surface area contributed by atoms with Crippen molar-refractivity contribution in [3.8, 4) is 0 Å². The number of hydrogen-bond acceptors (Lipinski definition) is 3. The fraction of sp³-hybridized carbons (Fsp3) is 0.464. The SMILES string of the molecule is Cc1cc2c(cc1C1(c3ccc(CN4C(=O)CN(C)C4=O)cn3)CC1)C(C)(C)C=CC2(C)C. The van der Waals surface area contributed by atoms with Crippen LogP contribution in [0.3, 0.4) is 0 Å². The summed E-state index contributed by atoms with van der Waals surface area (Å²) in [5, 5.41) is 0. The molecule has 172 valence electrons. The minimum absolute atomic E-state index is 0.00261. The number of aryl methyl sites for hydroxylation is 1. The summed E-state index contributed by atoms with van der Waals surface area (Å²) in [6, 6.07) is 8.70. The average molecular weight is 444 g/mol. The molecule has 0 atom stereocenters. The molecule has 3 aliphatic rings. The number of carbonyl (C=O) groups is 2. The maximum Gasteiger partial charge on any atom is 0.327 e. The van der Waals surface area contributed by atoms with Gasteiger partial charge in [-0.25, -0.2) is 4.79 Å². The first-order valence-electron chi connectivity index (χ1n) is 11.8. The fourth-order valence-corrected chi connectivity index (χ4v) is 5.48. The Morgan fingerprint density at radius 1 is 0.939 bits per heavy atom. The van der Waals surface area contributed by atoms with Crippen molar-refractivity contribution >= 4 is 11.9 Å². The number of carbonyl (C=O) groups excluding carboxylic acids is 2. The Kier molecular flexibility index (Phi) is 4.65. The van der Waals surface area contributed by atoms with Gasteiger partial charge >= 0.3 is 6.03 Å². The van der Waals surface area contributed by atoms with E-state index in [2.05, 4.69) is 65.0 Å². The Bertz CT molecular complexity index is 1190. The van der Waals surface area contributed by atoms with Crippen LogP contribution in [0.5, 0.6) is 0 Å². The van der Waals surface area contributed by atoms with Crippen LogP contribution in [0.15, 0.2) is 42.6 Å². The predicted octanol–water partition coefficient (Wildman–Crippen LogP) is 4.99. The number of rotatable bonds is 4. The van der Waals surface area contributed by atoms with Crippen LogP contribution in [-0.4, -0.2) is 40.3 Å². The molecular weight excluding hydrogens is 410 g/mol. The van der Waals surface area contributed by atoms with Gasteiger partial charge in [0.05, 0.1) is 12.2 Å². The second kappa shape index (κ2) is 7.02. The number of likely N-dealkylation sites (N-methyl/N-ethyl adjacent to an activating group) is 1. The van der Waals surface area contributed by atoms with Gasteiger partial charge in [-0.3, -0.25) is 14.7 Å². The predicted molar refractivity (Wildman–Crippen MR) is 129 cm³/mol. The Morgan fingerprint density at radius 3 is 2.09 bits per heavy atom. The number of aromatic nitrogens is 1. The molecule has 5 heteroatoms. The fourth-order valence-electron chi connectivity index (χ4n) is 5.48. The lowest BCUT2D eigenvalue weighted by Gasteiger charge is -2.38. The molecule has 2 fully saturated rings. The third kappa shape index (κ3) is 3.40. The van der Waals surface area contributed by atoms with E-state index < -0.39 is 0 Å². The highest BCUT2D eigenvalue weighted by Crippen LogP contribution is 2.55. The minimum atomic E-state index is -0.244. The first kappa shape index (κ1) is 21.9. The van der Waals surface area contributed by atoms with Crippen molar-refractivity contribution in [2.24, 2.45) is 0 Å². The molecule has 0 radical (unpaired) electrons. The number of hydrogen-bond donors (Lipinski definition) is 0. The highest BCUT2D eigenvalue weighted by molar-refractivity contribution is 6.01. The van der Waals surface area contributed by atoms with E-state index in [4.69, 9.17) is 4.98 Å². The zero-order chi connectivity index (χ0) is 23.8. The summed E-state index contributed by atoms with van der Waals surface area (Å²) in [5.41, 5.74) is 7.48. The van der Waals surface area contributed by atoms with Gasteiger partial charge in [0, 0.05) is 29.5 Å². The molecule has 5 nitrogen and oxygen atoms in total. The third-order valence-electron chi connectivity index (χ3n) is 7.82. The quantitative estimate of drug-likeness (QED) is 0.494. The Morgan fingerprint density at radius 2 is 1.58 bits per heavy atom. The first-order chi connectivity index (χ1) is 15.4. The van der Waals surface area contributed by atoms with E-state index in [1.54, 1.807) is 7.05 Å². The number of fused-ring (bicyclic) bond motifs is 1. The molecular formula is C28H33N3O2. The van der Waals surface area contributed by atoms with Crippen LogP contribution in [0.4, 0.5) is 4.79 Å². The Labute approximate surface area is 196 Å². The molecule has 3 amide bonds. The number of urea groups is 1. The van der Waals surface area contributed by atoms with Crippen LogP contribution in [0, 0.1) is 6.92 Å². The van der Waals surface area contributed by atoms with E-state index in [1.807, 2.05) is 12.3 Å². The second-order valence-corrected chi connectivity index (χ2v) is 11.2. The van der Waals surface area contributed by atoms with Crippen LogP contribution in [0.25, 0.3) is 0 Å². The molecule has 1 aromatic heterocycles. The van der Waals surface area contributed by atoms with E-state index in [9.17, 15) is 9.59 Å². The van der Waals surface area contributed by atoms with Crippen molar-refractivity contribution < 1.29 is 9.59 Å². The molecule has 33 heavy (non-hydrogen) atoms. The summed E-state index contributed by atoms with van der Waals surface area (Å²) in [4.78, 5) is 31.9. The number of allylic oxidation sites excluding steroid dienone is 2. The molecule has 1 aliphatic heterocycles. The van der Waals surface area contributed by atoms with Crippen LogP contribution in [0.1, 0.15) is 74.0 Å². The summed E-state index contributed by atoms with van der Waals surface area (Å²) in [5.74, 6) is -0.158. The molecule has 2 aliphatic carbocycles. The maximum atomic E-state index is 12.2. The molecule has 1 aromatic carbocycles. The van der Waals surface area contributed by atoms with Crippen molar-refractivity contribution in [1.82, 2.24) is 14.8 Å². The standard InChI is InChI=1S/C28H33N3O2/c1-18-13-21-22(27(4,5)10-9-26(21,2)3)14-20(18)28(11-12-28)23-8-7-19(15-29-23)16-31-24(32)17-30(6)25(31)33/h7-10,13-15H,11-12,16-17H2,1-6H3. The first-order valence-corrected chi connectivity index (χ1v) is 11.8. The van der Waals surface area contributed by atoms with Crippen molar-refractivity contribution in [2.45, 2.75) is 70.3 Å². The van der Waals surface area contributed by atoms with Crippen molar-refractivity contribution in [3.05, 3.63) is 76.1 Å². The lowest BCUT2D eigenvalue weighted by molar-refractivity contribution is -0.125. The molecule has 1 saturated carbocycles. The monoisotopic (exact) mass is 443 g/mol. The minimum Gasteiger partial charge on any atom is -0.318 e. The Hall–Kier alpha value is -2.95. The summed E-state index contributed by atoms with van der Waals surface area (Å²) < 4.78 is 0. The van der Waals surface area contributed by atoms with Gasteiger partial charge in [0.1, 0.15) is 6.54 Å². The summed E-state index contributed by atoms with van der Waals surface area (Å²) >= 11 is 0. The lowest BCUT2D eigenvalue weighted by Crippen LogP contribution is -2.31. The van der Waals surface area contributed by atoms with E-state index in [-0.39, 0.29) is 41.3 Å². The average Bonchev–Trinajstić information content (AvgIpc) is 3.52. The van der Waals surface area contributed by atoms with Gasteiger partial charge in [-0.05, 0) is 53.6 Å². The number of benzene rings is 1. The number of amides is 3. The van der Waals surface area contributed by atoms with Gasteiger partial charge in [0.25, 0.3) is 5.91 Å². The zero-order valence-corrected chi connectivity index (χ0v) is 20.5. The lowest BCUT2D eigenvalue weighted by atomic mass is 9.66. The van der Waals surface area contributed by atoms with Gasteiger partial charge in [-0.15, -0.1) is 0 Å². The topological polar surface area (TPSA) is 53.5 Å². The van der Waals surface area contributed by atoms with Gasteiger partial charge in [0.15, 0.2) is 0 Å². The van der Waals surface area contributed by atoms with Gasteiger partial charge in [0.2, 0.25) is 0 Å². The summed E-state index contributed by atoms with van der Waals surface area (Å²) in [6.45, 7) is 11.8. The molecule has 5 rings (SSSR count). The van der Waals surface area contributed by atoms with Crippen LogP contribution >= 0.6 is 0 Å². The number of nitrogens with zero attached hydrogens (tertiary/aromatic N) is 3. The van der Waals surface area contributed by atoms with Crippen LogP contribution in [-0.2, 0) is 27.6 Å². The summed E-state index contributed by atoms with van der Waals surface area (Å²) in [7, 11) is 1.65. The highest BCUT2D eigenvalue weighted by atomic mass is 16.2. The maximum absolute atomic E-state index is 12.2. The molecule has 0 unspecified atom stereocenters. The van der Waals surface area contributed by atoms with E-state index in [0.29, 0.717) is 0 Å². The molecule has 0 bridgehead atoms. The van der Waals surface area contributed by atoms with E-state index in [0.717, 1.165) is 24.1 Å². The molecule has 0 spiro atoms. The number of pyridine rings is 1. The van der Waals surface area contributed by atoms with Crippen molar-refractivity contribution in [2.75, 3.05) is 13.6 Å². The molecule has 0 N–H and O–H groups in total. The summed E-state index contributed by atoms with van der Waals surface area (Å²) in [6.07, 6.45) is 8.70. The van der Waals surface area contributed by atoms with Crippen molar-refractivity contribution in [3.63, 3.8) is 0 Å². The largest absolute Gasteiger partial charge is 0.327 e. The third-order valence-corrected chi connectivity index (χ3v) is 7.82. The Balaban J connectivity index is 1.47. The normalized spacial score (nSPS) is 22.0. The van der Waals surface area contributed by atoms with Crippen LogP contribution < -0.4 is 0 Å². The van der Waals surface area contributed by atoms with Crippen molar-refractivity contribution in [1.29, 1.82) is 0 Å². The van der Waals surface area contributed by atoms with E-state index >= 15 is 0 Å². The van der Waals surface area contributed by atoms with Gasteiger partial charge in [-0.2, -0.15) is 0 Å². The van der Waals surface area contributed by atoms with Crippen LogP contribution in [0.2, 0.25) is 0 Å². The van der Waals surface area contributed by atoms with Gasteiger partial charge in [-0.1, -0.05) is 58.0 Å². The molecule has 2 aromatic rings. The second-order valence-electron chi connectivity index (χ2n) is 11.2. The van der Waals surface area contributed by atoms with E-state index in [1.165, 1.54) is 32.1 Å². The smallest absolute Gasteiger partial charge is 0.318 e. The molecule has 1 saturated heterocycles. The highest BCUT2D eigenvalue weighted by Gasteiger charge is 2.49. The zero-order valence-electron chi connectivity index (χ0n) is 20.5.